The minimum Gasteiger partial charge on any atom is -0.267 e. The van der Waals surface area contributed by atoms with Crippen molar-refractivity contribution < 1.29 is 12.6 Å². The summed E-state index contributed by atoms with van der Waals surface area (Å²) in [5.74, 6) is 0.602. The van der Waals surface area contributed by atoms with Crippen LogP contribution < -0.4 is 0 Å². The van der Waals surface area contributed by atoms with Crippen LogP contribution in [0.1, 0.15) is 32.6 Å². The van der Waals surface area contributed by atoms with Crippen LogP contribution >= 0.6 is 0 Å². The lowest BCUT2D eigenvalue weighted by Crippen LogP contribution is -2.23. The molecule has 0 radical (unpaired) electrons. The van der Waals surface area contributed by atoms with Crippen LogP contribution in [0.5, 0.6) is 0 Å². The second kappa shape index (κ2) is 3.75. The summed E-state index contributed by atoms with van der Waals surface area (Å²) in [5.41, 5.74) is 0. The summed E-state index contributed by atoms with van der Waals surface area (Å²) < 4.78 is 26.5. The van der Waals surface area contributed by atoms with E-state index < -0.39 is 10.1 Å². The first kappa shape index (κ1) is 9.99. The summed E-state index contributed by atoms with van der Waals surface area (Å²) in [6.45, 7) is 2.14. The van der Waals surface area contributed by atoms with Gasteiger partial charge in [0.2, 0.25) is 0 Å². The number of rotatable bonds is 2. The van der Waals surface area contributed by atoms with Crippen molar-refractivity contribution in [3.05, 3.63) is 0 Å². The third-order valence-electron chi connectivity index (χ3n) is 2.20. The summed E-state index contributed by atoms with van der Waals surface area (Å²) in [4.78, 5) is 0. The molecule has 4 heteroatoms. The molecule has 0 heterocycles. The van der Waals surface area contributed by atoms with Crippen molar-refractivity contribution in [1.82, 2.24) is 0 Å². The van der Waals surface area contributed by atoms with E-state index in [0.717, 1.165) is 25.5 Å². The Balaban J connectivity index is 2.43. The minimum atomic E-state index is -3.25. The zero-order valence-corrected chi connectivity index (χ0v) is 8.43. The molecule has 0 unspecified atom stereocenters. The van der Waals surface area contributed by atoms with Gasteiger partial charge < -0.3 is 0 Å². The maximum atomic E-state index is 10.8. The lowest BCUT2D eigenvalue weighted by Gasteiger charge is -2.25. The van der Waals surface area contributed by atoms with Crippen LogP contribution in [0, 0.1) is 5.92 Å². The van der Waals surface area contributed by atoms with Gasteiger partial charge in [-0.2, -0.15) is 8.42 Å². The molecule has 1 fully saturated rings. The molecule has 0 N–H and O–H groups in total. The third kappa shape index (κ3) is 3.54. The highest BCUT2D eigenvalue weighted by atomic mass is 32.2. The van der Waals surface area contributed by atoms with E-state index in [1.165, 1.54) is 6.42 Å². The molecule has 12 heavy (non-hydrogen) atoms. The normalized spacial score (nSPS) is 31.8. The molecule has 0 amide bonds. The van der Waals surface area contributed by atoms with Crippen LogP contribution in [0.3, 0.4) is 0 Å². The molecule has 0 aromatic rings. The smallest absolute Gasteiger partial charge is 0.264 e. The van der Waals surface area contributed by atoms with Crippen LogP contribution in [0.25, 0.3) is 0 Å². The van der Waals surface area contributed by atoms with Gasteiger partial charge in [0.1, 0.15) is 0 Å². The van der Waals surface area contributed by atoms with E-state index in [2.05, 4.69) is 6.92 Å². The molecule has 0 bridgehead atoms. The fourth-order valence-electron chi connectivity index (χ4n) is 1.71. The molecule has 0 spiro atoms. The fourth-order valence-corrected chi connectivity index (χ4v) is 2.38. The quantitative estimate of drug-likeness (QED) is 0.623. The minimum absolute atomic E-state index is 0.0660. The largest absolute Gasteiger partial charge is 0.267 e. The van der Waals surface area contributed by atoms with Crippen molar-refractivity contribution in [1.29, 1.82) is 0 Å². The predicted molar refractivity (Wildman–Crippen MR) is 47.3 cm³/mol. The van der Waals surface area contributed by atoms with Gasteiger partial charge in [-0.3, -0.25) is 4.18 Å². The van der Waals surface area contributed by atoms with Gasteiger partial charge in [0, 0.05) is 0 Å². The fraction of sp³-hybridized carbons (Fsp3) is 1.00. The second-order valence-electron chi connectivity index (χ2n) is 3.69. The number of hydrogen-bond acceptors (Lipinski definition) is 3. The lowest BCUT2D eigenvalue weighted by atomic mass is 9.89. The Morgan fingerprint density at radius 2 is 2.00 bits per heavy atom. The van der Waals surface area contributed by atoms with E-state index in [9.17, 15) is 8.42 Å². The van der Waals surface area contributed by atoms with Crippen molar-refractivity contribution in [2.24, 2.45) is 5.92 Å². The topological polar surface area (TPSA) is 43.4 Å². The zero-order chi connectivity index (χ0) is 9.19. The maximum Gasteiger partial charge on any atom is 0.264 e. The highest BCUT2D eigenvalue weighted by Gasteiger charge is 2.22. The Kier molecular flexibility index (Phi) is 3.12. The Labute approximate surface area is 74.2 Å². The van der Waals surface area contributed by atoms with E-state index in [1.54, 1.807) is 0 Å². The molecule has 3 nitrogen and oxygen atoms in total. The molecule has 0 saturated heterocycles. The first-order valence-corrected chi connectivity index (χ1v) is 6.17. The predicted octanol–water partition coefficient (Wildman–Crippen LogP) is 1.54. The van der Waals surface area contributed by atoms with E-state index in [4.69, 9.17) is 4.18 Å². The molecule has 0 aromatic heterocycles. The van der Waals surface area contributed by atoms with Gasteiger partial charge in [-0.05, 0) is 18.8 Å². The van der Waals surface area contributed by atoms with Crippen molar-refractivity contribution in [2.75, 3.05) is 6.26 Å². The van der Waals surface area contributed by atoms with Gasteiger partial charge in [0.05, 0.1) is 12.4 Å². The summed E-state index contributed by atoms with van der Waals surface area (Å²) in [5, 5.41) is 0. The van der Waals surface area contributed by atoms with Crippen LogP contribution in [-0.2, 0) is 14.3 Å². The molecule has 1 saturated carbocycles. The molecule has 1 aliphatic rings. The Bertz CT molecular complexity index is 233. The average molecular weight is 192 g/mol. The van der Waals surface area contributed by atoms with E-state index in [1.807, 2.05) is 0 Å². The second-order valence-corrected chi connectivity index (χ2v) is 5.29. The van der Waals surface area contributed by atoms with Crippen LogP contribution in [0.4, 0.5) is 0 Å². The molecular formula is C8H16O3S. The van der Waals surface area contributed by atoms with Gasteiger partial charge in [0.15, 0.2) is 0 Å². The summed E-state index contributed by atoms with van der Waals surface area (Å²) in [6.07, 6.45) is 5.10. The summed E-state index contributed by atoms with van der Waals surface area (Å²) in [7, 11) is -3.25. The third-order valence-corrected chi connectivity index (χ3v) is 2.82. The highest BCUT2D eigenvalue weighted by molar-refractivity contribution is 7.86. The molecule has 0 aromatic carbocycles. The summed E-state index contributed by atoms with van der Waals surface area (Å²) in [6, 6.07) is 0. The molecule has 0 aliphatic heterocycles. The van der Waals surface area contributed by atoms with Crippen LogP contribution in [0.2, 0.25) is 0 Å². The van der Waals surface area contributed by atoms with Gasteiger partial charge in [0.25, 0.3) is 10.1 Å². The molecule has 72 valence electrons. The molecule has 1 aliphatic carbocycles. The van der Waals surface area contributed by atoms with Gasteiger partial charge in [-0.15, -0.1) is 0 Å². The van der Waals surface area contributed by atoms with E-state index in [-0.39, 0.29) is 6.10 Å². The standard InChI is InChI=1S/C8H16O3S/c1-7-4-3-5-8(6-7)11-12(2,9)10/h7-8H,3-6H2,1-2H3/t7-,8+/m0/s1. The van der Waals surface area contributed by atoms with Crippen LogP contribution in [0.15, 0.2) is 0 Å². The van der Waals surface area contributed by atoms with E-state index >= 15 is 0 Å². The molecule has 1 rings (SSSR count). The van der Waals surface area contributed by atoms with Crippen molar-refractivity contribution in [3.8, 4) is 0 Å². The first-order valence-electron chi connectivity index (χ1n) is 4.35. The van der Waals surface area contributed by atoms with Crippen molar-refractivity contribution >= 4 is 10.1 Å². The summed E-state index contributed by atoms with van der Waals surface area (Å²) >= 11 is 0. The Hall–Kier alpha value is -0.0900. The molecule has 2 atom stereocenters. The maximum absolute atomic E-state index is 10.8. The SMILES string of the molecule is C[C@H]1CCC[C@@H](OS(C)(=O)=O)C1. The van der Waals surface area contributed by atoms with Crippen molar-refractivity contribution in [3.63, 3.8) is 0 Å². The van der Waals surface area contributed by atoms with Crippen LogP contribution in [-0.4, -0.2) is 20.8 Å². The zero-order valence-electron chi connectivity index (χ0n) is 7.62. The molecular weight excluding hydrogens is 176 g/mol. The highest BCUT2D eigenvalue weighted by Crippen LogP contribution is 2.26. The van der Waals surface area contributed by atoms with Gasteiger partial charge in [-0.1, -0.05) is 19.8 Å². The average Bonchev–Trinajstić information content (AvgIpc) is 1.82. The van der Waals surface area contributed by atoms with Gasteiger partial charge >= 0.3 is 0 Å². The van der Waals surface area contributed by atoms with E-state index in [0.29, 0.717) is 5.92 Å². The monoisotopic (exact) mass is 192 g/mol. The first-order chi connectivity index (χ1) is 5.47. The van der Waals surface area contributed by atoms with Crippen molar-refractivity contribution in [2.45, 2.75) is 38.7 Å². The lowest BCUT2D eigenvalue weighted by molar-refractivity contribution is 0.137. The Morgan fingerprint density at radius 1 is 1.33 bits per heavy atom. The van der Waals surface area contributed by atoms with Gasteiger partial charge in [-0.25, -0.2) is 0 Å². The number of hydrogen-bond donors (Lipinski definition) is 0. The Morgan fingerprint density at radius 3 is 2.50 bits per heavy atom.